The van der Waals surface area contributed by atoms with Gasteiger partial charge in [-0.2, -0.15) is 4.31 Å². The summed E-state index contributed by atoms with van der Waals surface area (Å²) in [5.74, 6) is 0.692. The molecule has 0 saturated heterocycles. The van der Waals surface area contributed by atoms with Crippen LogP contribution in [0.1, 0.15) is 32.6 Å². The molecule has 5 heteroatoms. The smallest absolute Gasteiger partial charge is 0.211 e. The van der Waals surface area contributed by atoms with E-state index < -0.39 is 10.0 Å². The maximum absolute atomic E-state index is 11.5. The number of hydrogen-bond donors (Lipinski definition) is 1. The van der Waals surface area contributed by atoms with E-state index >= 15 is 0 Å². The number of nitrogens with zero attached hydrogens (tertiary/aromatic N) is 1. The Kier molecular flexibility index (Phi) is 3.79. The second-order valence-electron chi connectivity index (χ2n) is 4.84. The average molecular weight is 234 g/mol. The molecule has 2 N–H and O–H groups in total. The molecule has 0 amide bonds. The van der Waals surface area contributed by atoms with Gasteiger partial charge in [-0.1, -0.05) is 6.92 Å². The van der Waals surface area contributed by atoms with Crippen LogP contribution < -0.4 is 5.73 Å². The van der Waals surface area contributed by atoms with E-state index in [0.717, 1.165) is 25.7 Å². The van der Waals surface area contributed by atoms with Crippen LogP contribution in [0.3, 0.4) is 0 Å². The summed E-state index contributed by atoms with van der Waals surface area (Å²) in [5.41, 5.74) is 5.44. The lowest BCUT2D eigenvalue weighted by Crippen LogP contribution is -2.55. The maximum Gasteiger partial charge on any atom is 0.211 e. The predicted octanol–water partition coefficient (Wildman–Crippen LogP) is 0.785. The molecule has 0 aromatic heterocycles. The highest BCUT2D eigenvalue weighted by molar-refractivity contribution is 7.88. The van der Waals surface area contributed by atoms with Crippen molar-refractivity contribution in [3.8, 4) is 0 Å². The number of sulfonamides is 1. The Labute approximate surface area is 92.9 Å². The Morgan fingerprint density at radius 3 is 2.20 bits per heavy atom. The summed E-state index contributed by atoms with van der Waals surface area (Å²) in [5, 5.41) is 0. The molecule has 0 aromatic rings. The van der Waals surface area contributed by atoms with Crippen molar-refractivity contribution < 1.29 is 8.42 Å². The van der Waals surface area contributed by atoms with E-state index in [2.05, 4.69) is 6.92 Å². The van der Waals surface area contributed by atoms with Crippen molar-refractivity contribution >= 4 is 10.0 Å². The predicted molar refractivity (Wildman–Crippen MR) is 62.0 cm³/mol. The molecule has 0 heterocycles. The van der Waals surface area contributed by atoms with Gasteiger partial charge < -0.3 is 5.73 Å². The summed E-state index contributed by atoms with van der Waals surface area (Å²) in [6.07, 6.45) is 5.15. The molecule has 0 bridgehead atoms. The van der Waals surface area contributed by atoms with Gasteiger partial charge >= 0.3 is 0 Å². The van der Waals surface area contributed by atoms with Gasteiger partial charge in [0, 0.05) is 19.1 Å². The fourth-order valence-corrected chi connectivity index (χ4v) is 3.26. The molecular weight excluding hydrogens is 212 g/mol. The third-order valence-electron chi connectivity index (χ3n) is 3.75. The molecule has 1 fully saturated rings. The highest BCUT2D eigenvalue weighted by Gasteiger charge is 2.40. The van der Waals surface area contributed by atoms with Gasteiger partial charge in [0.05, 0.1) is 6.26 Å². The molecule has 1 rings (SSSR count). The van der Waals surface area contributed by atoms with Gasteiger partial charge in [0.25, 0.3) is 0 Å². The Morgan fingerprint density at radius 1 is 1.40 bits per heavy atom. The zero-order chi connectivity index (χ0) is 11.7. The van der Waals surface area contributed by atoms with E-state index in [1.54, 1.807) is 7.05 Å². The molecule has 1 aliphatic rings. The van der Waals surface area contributed by atoms with Crippen molar-refractivity contribution in [2.45, 2.75) is 38.1 Å². The lowest BCUT2D eigenvalue weighted by Gasteiger charge is -2.44. The second kappa shape index (κ2) is 4.39. The van der Waals surface area contributed by atoms with Crippen molar-refractivity contribution in [3.63, 3.8) is 0 Å². The van der Waals surface area contributed by atoms with Crippen LogP contribution in [0.2, 0.25) is 0 Å². The van der Waals surface area contributed by atoms with Crippen LogP contribution in [-0.4, -0.2) is 38.1 Å². The monoisotopic (exact) mass is 234 g/mol. The quantitative estimate of drug-likeness (QED) is 0.785. The molecule has 4 nitrogen and oxygen atoms in total. The van der Waals surface area contributed by atoms with Crippen LogP contribution in [0.4, 0.5) is 0 Å². The molecule has 0 spiro atoms. The number of hydrogen-bond acceptors (Lipinski definition) is 3. The number of likely N-dealkylation sites (N-methyl/N-ethyl adjacent to an activating group) is 1. The SMILES string of the molecule is CC1CCC(CN)(N(C)S(C)(=O)=O)CC1. The molecule has 0 unspecified atom stereocenters. The van der Waals surface area contributed by atoms with Crippen molar-refractivity contribution in [1.29, 1.82) is 0 Å². The first-order valence-electron chi connectivity index (χ1n) is 5.46. The van der Waals surface area contributed by atoms with Crippen molar-refractivity contribution in [3.05, 3.63) is 0 Å². The van der Waals surface area contributed by atoms with Crippen LogP contribution in [-0.2, 0) is 10.0 Å². The first-order chi connectivity index (χ1) is 6.82. The summed E-state index contributed by atoms with van der Waals surface area (Å²) < 4.78 is 24.6. The Hall–Kier alpha value is -0.130. The lowest BCUT2D eigenvalue weighted by molar-refractivity contribution is 0.136. The minimum absolute atomic E-state index is 0.333. The highest BCUT2D eigenvalue weighted by atomic mass is 32.2. The summed E-state index contributed by atoms with van der Waals surface area (Å²) in [7, 11) is -1.49. The van der Waals surface area contributed by atoms with Crippen LogP contribution in [0.25, 0.3) is 0 Å². The van der Waals surface area contributed by atoms with E-state index in [1.807, 2.05) is 0 Å². The molecule has 0 aromatic carbocycles. The van der Waals surface area contributed by atoms with Gasteiger partial charge in [0.2, 0.25) is 10.0 Å². The molecule has 0 aliphatic heterocycles. The first kappa shape index (κ1) is 12.9. The van der Waals surface area contributed by atoms with E-state index in [1.165, 1.54) is 10.6 Å². The van der Waals surface area contributed by atoms with Gasteiger partial charge in [-0.05, 0) is 31.6 Å². The molecule has 0 radical (unpaired) electrons. The van der Waals surface area contributed by atoms with Crippen LogP contribution >= 0.6 is 0 Å². The van der Waals surface area contributed by atoms with E-state index in [9.17, 15) is 8.42 Å². The second-order valence-corrected chi connectivity index (χ2v) is 6.86. The van der Waals surface area contributed by atoms with Crippen LogP contribution in [0.5, 0.6) is 0 Å². The van der Waals surface area contributed by atoms with Crippen LogP contribution in [0.15, 0.2) is 0 Å². The zero-order valence-electron chi connectivity index (χ0n) is 9.86. The van der Waals surface area contributed by atoms with Gasteiger partial charge in [-0.25, -0.2) is 8.42 Å². The van der Waals surface area contributed by atoms with Crippen LogP contribution in [0, 0.1) is 5.92 Å². The van der Waals surface area contributed by atoms with Gasteiger partial charge in [-0.15, -0.1) is 0 Å². The molecule has 0 atom stereocenters. The lowest BCUT2D eigenvalue weighted by atomic mass is 9.77. The third kappa shape index (κ3) is 2.71. The third-order valence-corrected chi connectivity index (χ3v) is 5.13. The van der Waals surface area contributed by atoms with E-state index in [-0.39, 0.29) is 5.54 Å². The molecule has 15 heavy (non-hydrogen) atoms. The Bertz CT molecular complexity index is 305. The number of rotatable bonds is 3. The summed E-state index contributed by atoms with van der Waals surface area (Å²) in [6, 6.07) is 0. The summed E-state index contributed by atoms with van der Waals surface area (Å²) >= 11 is 0. The van der Waals surface area contributed by atoms with E-state index in [4.69, 9.17) is 5.73 Å². The van der Waals surface area contributed by atoms with Crippen molar-refractivity contribution in [2.75, 3.05) is 19.8 Å². The summed E-state index contributed by atoms with van der Waals surface area (Å²) in [6.45, 7) is 2.63. The molecule has 1 saturated carbocycles. The molecule has 1 aliphatic carbocycles. The fraction of sp³-hybridized carbons (Fsp3) is 1.00. The average Bonchev–Trinajstić information content (AvgIpc) is 2.17. The summed E-state index contributed by atoms with van der Waals surface area (Å²) in [4.78, 5) is 0. The fourth-order valence-electron chi connectivity index (χ4n) is 2.30. The highest BCUT2D eigenvalue weighted by Crippen LogP contribution is 2.36. The Morgan fingerprint density at radius 2 is 1.87 bits per heavy atom. The maximum atomic E-state index is 11.5. The topological polar surface area (TPSA) is 63.4 Å². The standard InChI is InChI=1S/C10H22N2O2S/c1-9-4-6-10(8-11,7-5-9)12(2)15(3,13)14/h9H,4-8,11H2,1-3H3. The largest absolute Gasteiger partial charge is 0.329 e. The zero-order valence-corrected chi connectivity index (χ0v) is 10.7. The van der Waals surface area contributed by atoms with Crippen molar-refractivity contribution in [2.24, 2.45) is 11.7 Å². The Balaban J connectivity index is 2.86. The number of nitrogens with two attached hydrogens (primary N) is 1. The normalized spacial score (nSPS) is 33.3. The molecule has 90 valence electrons. The van der Waals surface area contributed by atoms with Gasteiger partial charge in [0.15, 0.2) is 0 Å². The van der Waals surface area contributed by atoms with Gasteiger partial charge in [-0.3, -0.25) is 0 Å². The molecular formula is C10H22N2O2S. The first-order valence-corrected chi connectivity index (χ1v) is 7.31. The minimum atomic E-state index is -3.14. The van der Waals surface area contributed by atoms with Gasteiger partial charge in [0.1, 0.15) is 0 Å². The van der Waals surface area contributed by atoms with E-state index in [0.29, 0.717) is 12.5 Å². The van der Waals surface area contributed by atoms with Crippen molar-refractivity contribution in [1.82, 2.24) is 4.31 Å². The minimum Gasteiger partial charge on any atom is -0.329 e.